The number of hydrogen-bond acceptors (Lipinski definition) is 3. The molecule has 0 atom stereocenters. The fraction of sp³-hybridized carbons (Fsp3) is 0.375. The summed E-state index contributed by atoms with van der Waals surface area (Å²) in [5.74, 6) is 0.286. The predicted molar refractivity (Wildman–Crippen MR) is 114 cm³/mol. The molecular formula is C24H29FN2O2. The maximum absolute atomic E-state index is 13.0. The molecule has 2 aromatic carbocycles. The fourth-order valence-electron chi connectivity index (χ4n) is 3.31. The third-order valence-electron chi connectivity index (χ3n) is 5.10. The largest absolute Gasteiger partial charge is 0.489 e. The summed E-state index contributed by atoms with van der Waals surface area (Å²) in [6.07, 6.45) is 4.17. The highest BCUT2D eigenvalue weighted by Gasteiger charge is 2.20. The number of nitrogens with one attached hydrogen (secondary N) is 1. The number of carbonyl (C=O) groups is 1. The van der Waals surface area contributed by atoms with Crippen molar-refractivity contribution >= 4 is 5.91 Å². The number of benzene rings is 2. The molecule has 0 aliphatic carbocycles. The topological polar surface area (TPSA) is 41.6 Å². The van der Waals surface area contributed by atoms with Gasteiger partial charge in [0.15, 0.2) is 0 Å². The average Bonchev–Trinajstić information content (AvgIpc) is 2.73. The molecular weight excluding hydrogens is 367 g/mol. The number of allylic oxidation sites excluding steroid dienone is 1. The number of hydrogen-bond donors (Lipinski definition) is 1. The van der Waals surface area contributed by atoms with Crippen LogP contribution in [0.5, 0.6) is 5.75 Å². The van der Waals surface area contributed by atoms with Crippen molar-refractivity contribution in [3.8, 4) is 5.75 Å². The lowest BCUT2D eigenvalue weighted by Crippen LogP contribution is -2.44. The summed E-state index contributed by atoms with van der Waals surface area (Å²) in [6.45, 7) is 7.53. The van der Waals surface area contributed by atoms with Gasteiger partial charge in [-0.2, -0.15) is 0 Å². The van der Waals surface area contributed by atoms with E-state index in [2.05, 4.69) is 30.1 Å². The molecule has 5 heteroatoms. The molecule has 0 radical (unpaired) electrons. The molecule has 1 amide bonds. The Morgan fingerprint density at radius 2 is 1.90 bits per heavy atom. The minimum absolute atomic E-state index is 0.0695. The highest BCUT2D eigenvalue weighted by molar-refractivity contribution is 5.94. The first-order valence-corrected chi connectivity index (χ1v) is 10.1. The number of ether oxygens (including phenoxy) is 1. The first-order valence-electron chi connectivity index (χ1n) is 10.1. The van der Waals surface area contributed by atoms with E-state index in [1.807, 2.05) is 12.1 Å². The molecule has 29 heavy (non-hydrogen) atoms. The van der Waals surface area contributed by atoms with Crippen LogP contribution >= 0.6 is 0 Å². The van der Waals surface area contributed by atoms with Crippen molar-refractivity contribution in [2.24, 2.45) is 0 Å². The van der Waals surface area contributed by atoms with Crippen LogP contribution in [0.15, 0.2) is 60.2 Å². The normalized spacial score (nSPS) is 15.0. The molecule has 2 aromatic rings. The summed E-state index contributed by atoms with van der Waals surface area (Å²) in [7, 11) is 0. The molecule has 0 aromatic heterocycles. The summed E-state index contributed by atoms with van der Waals surface area (Å²) in [4.78, 5) is 15.1. The Morgan fingerprint density at radius 1 is 1.17 bits per heavy atom. The molecule has 1 aliphatic heterocycles. The predicted octanol–water partition coefficient (Wildman–Crippen LogP) is 4.57. The third-order valence-corrected chi connectivity index (χ3v) is 5.10. The molecule has 1 saturated heterocycles. The zero-order valence-corrected chi connectivity index (χ0v) is 17.2. The number of nitrogens with zero attached hydrogens (tertiary/aromatic N) is 1. The van der Waals surface area contributed by atoms with E-state index < -0.39 is 0 Å². The van der Waals surface area contributed by atoms with Crippen LogP contribution in [-0.2, 0) is 6.61 Å². The van der Waals surface area contributed by atoms with Crippen molar-refractivity contribution in [1.29, 1.82) is 0 Å². The lowest BCUT2D eigenvalue weighted by atomic mass is 10.0. The molecule has 1 N–H and O–H groups in total. The van der Waals surface area contributed by atoms with Crippen LogP contribution in [0.3, 0.4) is 0 Å². The Morgan fingerprint density at radius 3 is 2.59 bits per heavy atom. The van der Waals surface area contributed by atoms with Gasteiger partial charge >= 0.3 is 0 Å². The number of piperidine rings is 1. The zero-order valence-electron chi connectivity index (χ0n) is 17.2. The molecule has 0 bridgehead atoms. The van der Waals surface area contributed by atoms with Gasteiger partial charge < -0.3 is 10.1 Å². The van der Waals surface area contributed by atoms with Crippen molar-refractivity contribution in [2.45, 2.75) is 39.3 Å². The summed E-state index contributed by atoms with van der Waals surface area (Å²) in [6, 6.07) is 13.6. The van der Waals surface area contributed by atoms with E-state index in [1.54, 1.807) is 24.3 Å². The number of carbonyl (C=O) groups excluding carboxylic acids is 1. The van der Waals surface area contributed by atoms with E-state index in [9.17, 15) is 9.18 Å². The van der Waals surface area contributed by atoms with Crippen molar-refractivity contribution in [3.05, 3.63) is 77.1 Å². The van der Waals surface area contributed by atoms with E-state index in [0.29, 0.717) is 17.9 Å². The Kier molecular flexibility index (Phi) is 7.42. The Labute approximate surface area is 172 Å². The monoisotopic (exact) mass is 396 g/mol. The Bertz CT molecular complexity index is 836. The van der Waals surface area contributed by atoms with E-state index in [0.717, 1.165) is 38.0 Å². The van der Waals surface area contributed by atoms with Gasteiger partial charge in [0, 0.05) is 31.2 Å². The summed E-state index contributed by atoms with van der Waals surface area (Å²) < 4.78 is 18.7. The van der Waals surface area contributed by atoms with Gasteiger partial charge in [-0.05, 0) is 62.6 Å². The number of halogens is 1. The van der Waals surface area contributed by atoms with Gasteiger partial charge in [-0.3, -0.25) is 9.69 Å². The van der Waals surface area contributed by atoms with Gasteiger partial charge in [-0.15, -0.1) is 0 Å². The third kappa shape index (κ3) is 6.71. The molecule has 4 nitrogen and oxygen atoms in total. The van der Waals surface area contributed by atoms with Gasteiger partial charge in [0.2, 0.25) is 0 Å². The number of rotatable bonds is 7. The molecule has 0 spiro atoms. The zero-order chi connectivity index (χ0) is 20.6. The van der Waals surface area contributed by atoms with Crippen molar-refractivity contribution in [3.63, 3.8) is 0 Å². The van der Waals surface area contributed by atoms with Gasteiger partial charge in [-0.1, -0.05) is 29.8 Å². The number of amides is 1. The standard InChI is InChI=1S/C24H29FN2O2/c1-18(2)10-13-27-14-11-22(12-15-27)26-24(28)20-4-3-5-23(16-20)29-17-19-6-8-21(25)9-7-19/h3-10,16,22H,11-15,17H2,1-2H3,(H,26,28). The Hall–Kier alpha value is -2.66. The van der Waals surface area contributed by atoms with Crippen LogP contribution < -0.4 is 10.1 Å². The highest BCUT2D eigenvalue weighted by atomic mass is 19.1. The minimum Gasteiger partial charge on any atom is -0.489 e. The number of likely N-dealkylation sites (tertiary alicyclic amines) is 1. The van der Waals surface area contributed by atoms with Crippen LogP contribution in [-0.4, -0.2) is 36.5 Å². The summed E-state index contributed by atoms with van der Waals surface area (Å²) in [5.41, 5.74) is 2.80. The Balaban J connectivity index is 1.49. The molecule has 154 valence electrons. The molecule has 0 unspecified atom stereocenters. The summed E-state index contributed by atoms with van der Waals surface area (Å²) >= 11 is 0. The maximum Gasteiger partial charge on any atom is 0.251 e. The minimum atomic E-state index is -0.268. The lowest BCUT2D eigenvalue weighted by Gasteiger charge is -2.31. The van der Waals surface area contributed by atoms with Gasteiger partial charge in [0.05, 0.1) is 0 Å². The van der Waals surface area contributed by atoms with Crippen LogP contribution in [0.25, 0.3) is 0 Å². The van der Waals surface area contributed by atoms with E-state index in [-0.39, 0.29) is 17.8 Å². The first kappa shape index (κ1) is 21.1. The molecule has 1 fully saturated rings. The van der Waals surface area contributed by atoms with Gasteiger partial charge in [0.1, 0.15) is 18.2 Å². The molecule has 1 aliphatic rings. The average molecular weight is 397 g/mol. The van der Waals surface area contributed by atoms with E-state index in [4.69, 9.17) is 4.74 Å². The van der Waals surface area contributed by atoms with Crippen LogP contribution in [0, 0.1) is 5.82 Å². The van der Waals surface area contributed by atoms with Crippen molar-refractivity contribution < 1.29 is 13.9 Å². The highest BCUT2D eigenvalue weighted by Crippen LogP contribution is 2.17. The quantitative estimate of drug-likeness (QED) is 0.698. The summed E-state index contributed by atoms with van der Waals surface area (Å²) in [5, 5.41) is 3.15. The second kappa shape index (κ2) is 10.2. The second-order valence-corrected chi connectivity index (χ2v) is 7.77. The van der Waals surface area contributed by atoms with Gasteiger partial charge in [0.25, 0.3) is 5.91 Å². The van der Waals surface area contributed by atoms with Gasteiger partial charge in [-0.25, -0.2) is 4.39 Å². The maximum atomic E-state index is 13.0. The second-order valence-electron chi connectivity index (χ2n) is 7.77. The smallest absolute Gasteiger partial charge is 0.251 e. The molecule has 0 saturated carbocycles. The van der Waals surface area contributed by atoms with Crippen LogP contribution in [0.1, 0.15) is 42.6 Å². The first-order chi connectivity index (χ1) is 14.0. The lowest BCUT2D eigenvalue weighted by molar-refractivity contribution is 0.0913. The van der Waals surface area contributed by atoms with Crippen molar-refractivity contribution in [2.75, 3.05) is 19.6 Å². The van der Waals surface area contributed by atoms with Crippen LogP contribution in [0.2, 0.25) is 0 Å². The SMILES string of the molecule is CC(C)=CCN1CCC(NC(=O)c2cccc(OCc3ccc(F)cc3)c2)CC1. The van der Waals surface area contributed by atoms with E-state index in [1.165, 1.54) is 17.7 Å². The van der Waals surface area contributed by atoms with Crippen LogP contribution in [0.4, 0.5) is 4.39 Å². The van der Waals surface area contributed by atoms with E-state index >= 15 is 0 Å². The van der Waals surface area contributed by atoms with Crippen molar-refractivity contribution in [1.82, 2.24) is 10.2 Å². The fourth-order valence-corrected chi connectivity index (χ4v) is 3.31. The molecule has 1 heterocycles. The molecule has 3 rings (SSSR count).